The van der Waals surface area contributed by atoms with Gasteiger partial charge in [-0.1, -0.05) is 11.6 Å². The molecule has 1 aromatic rings. The molecule has 0 fully saturated rings. The molecule has 0 aliphatic rings. The number of hydrogen-bond donors (Lipinski definition) is 1. The maximum Gasteiger partial charge on any atom is 0.444 e. The van der Waals surface area contributed by atoms with Crippen LogP contribution in [-0.4, -0.2) is 22.8 Å². The molecule has 7 heteroatoms. The zero-order valence-corrected chi connectivity index (χ0v) is 8.42. The van der Waals surface area contributed by atoms with E-state index in [4.69, 9.17) is 5.11 Å². The van der Waals surface area contributed by atoms with Crippen LogP contribution >= 0.6 is 11.6 Å². The van der Waals surface area contributed by atoms with Crippen LogP contribution in [0.4, 0.5) is 13.2 Å². The van der Waals surface area contributed by atoms with Crippen molar-refractivity contribution in [3.63, 3.8) is 0 Å². The molecule has 0 heterocycles. The van der Waals surface area contributed by atoms with Crippen LogP contribution in [0, 0.1) is 0 Å². The molecule has 16 heavy (non-hydrogen) atoms. The first-order valence-electron chi connectivity index (χ1n) is 4.01. The molecule has 88 valence electrons. The number of rotatable bonds is 4. The summed E-state index contributed by atoms with van der Waals surface area (Å²) in [4.78, 5) is 10.4. The van der Waals surface area contributed by atoms with Crippen LogP contribution in [0.15, 0.2) is 24.3 Å². The van der Waals surface area contributed by atoms with Gasteiger partial charge in [0, 0.05) is 0 Å². The summed E-state index contributed by atoms with van der Waals surface area (Å²) in [7, 11) is 0. The lowest BCUT2D eigenvalue weighted by Gasteiger charge is -2.17. The van der Waals surface area contributed by atoms with Gasteiger partial charge >= 0.3 is 12.1 Å². The molecule has 1 atom stereocenters. The minimum absolute atomic E-state index is 0.0988. The summed E-state index contributed by atoms with van der Waals surface area (Å²) in [6.45, 7) is 0. The van der Waals surface area contributed by atoms with Crippen LogP contribution in [0.25, 0.3) is 0 Å². The van der Waals surface area contributed by atoms with E-state index in [1.54, 1.807) is 0 Å². The molecule has 0 saturated carbocycles. The Labute approximate surface area is 93.4 Å². The lowest BCUT2D eigenvalue weighted by atomic mass is 10.2. The number of carboxylic acids is 1. The number of aromatic carboxylic acids is 1. The van der Waals surface area contributed by atoms with Gasteiger partial charge in [-0.25, -0.2) is 9.18 Å². The summed E-state index contributed by atoms with van der Waals surface area (Å²) in [6, 6.07) is 4.07. The number of benzene rings is 1. The molecular formula is C9H6ClF3O3. The Hall–Kier alpha value is -1.43. The second-order valence-corrected chi connectivity index (χ2v) is 3.18. The first-order valence-corrected chi connectivity index (χ1v) is 4.45. The number of alkyl halides is 4. The summed E-state index contributed by atoms with van der Waals surface area (Å²) < 4.78 is 41.4. The van der Waals surface area contributed by atoms with Crippen molar-refractivity contribution in [1.29, 1.82) is 0 Å². The fourth-order valence-corrected chi connectivity index (χ4v) is 0.912. The third-order valence-electron chi connectivity index (χ3n) is 1.61. The predicted octanol–water partition coefficient (Wildman–Crippen LogP) is 2.89. The van der Waals surface area contributed by atoms with E-state index in [2.05, 4.69) is 16.3 Å². The van der Waals surface area contributed by atoms with Crippen molar-refractivity contribution >= 4 is 17.6 Å². The van der Waals surface area contributed by atoms with E-state index in [1.807, 2.05) is 0 Å². The Morgan fingerprint density at radius 2 is 1.88 bits per heavy atom. The highest BCUT2D eigenvalue weighted by Gasteiger charge is 2.42. The summed E-state index contributed by atoms with van der Waals surface area (Å²) in [5, 5.41) is 8.53. The molecule has 0 bridgehead atoms. The van der Waals surface area contributed by atoms with Crippen molar-refractivity contribution in [2.45, 2.75) is 11.7 Å². The standard InChI is InChI=1S/C9H6ClF3O3/c10-8(11)9(12,13)16-6-3-1-5(2-4-6)7(14)15/h1-4,8H,(H,14,15)/t8-/m1/s1. The monoisotopic (exact) mass is 254 g/mol. The largest absolute Gasteiger partial charge is 0.478 e. The van der Waals surface area contributed by atoms with Gasteiger partial charge in [-0.3, -0.25) is 0 Å². The van der Waals surface area contributed by atoms with Crippen LogP contribution in [0.1, 0.15) is 10.4 Å². The third-order valence-corrected chi connectivity index (χ3v) is 1.86. The molecule has 0 radical (unpaired) electrons. The zero-order chi connectivity index (χ0) is 12.3. The van der Waals surface area contributed by atoms with Crippen molar-refractivity contribution in [3.8, 4) is 5.75 Å². The molecule has 0 amide bonds. The van der Waals surface area contributed by atoms with Gasteiger partial charge in [-0.2, -0.15) is 8.78 Å². The first-order chi connectivity index (χ1) is 7.33. The predicted molar refractivity (Wildman–Crippen MR) is 49.7 cm³/mol. The maximum absolute atomic E-state index is 12.6. The van der Waals surface area contributed by atoms with E-state index in [0.717, 1.165) is 24.3 Å². The summed E-state index contributed by atoms with van der Waals surface area (Å²) in [6.07, 6.45) is -4.16. The molecule has 0 spiro atoms. The Balaban J connectivity index is 2.80. The normalized spacial score (nSPS) is 13.2. The molecule has 1 N–H and O–H groups in total. The van der Waals surface area contributed by atoms with Gasteiger partial charge in [0.2, 0.25) is 0 Å². The molecule has 1 rings (SSSR count). The van der Waals surface area contributed by atoms with E-state index < -0.39 is 17.7 Å². The maximum atomic E-state index is 12.6. The average Bonchev–Trinajstić information content (AvgIpc) is 2.17. The van der Waals surface area contributed by atoms with Gasteiger partial charge in [-0.15, -0.1) is 0 Å². The highest BCUT2D eigenvalue weighted by molar-refractivity contribution is 6.20. The number of ether oxygens (including phenoxy) is 1. The smallest absolute Gasteiger partial charge is 0.444 e. The SMILES string of the molecule is O=C(O)c1ccc(OC(F)(F)[C@@H](F)Cl)cc1. The van der Waals surface area contributed by atoms with Crippen molar-refractivity contribution < 1.29 is 27.8 Å². The van der Waals surface area contributed by atoms with Crippen molar-refractivity contribution in [1.82, 2.24) is 0 Å². The second kappa shape index (κ2) is 4.61. The summed E-state index contributed by atoms with van der Waals surface area (Å²) in [5.74, 6) is -1.59. The van der Waals surface area contributed by atoms with E-state index >= 15 is 0 Å². The van der Waals surface area contributed by atoms with Gasteiger partial charge in [-0.05, 0) is 24.3 Å². The van der Waals surface area contributed by atoms with Gasteiger partial charge in [0.15, 0.2) is 0 Å². The zero-order valence-electron chi connectivity index (χ0n) is 7.66. The molecule has 0 aliphatic heterocycles. The lowest BCUT2D eigenvalue weighted by Crippen LogP contribution is -2.32. The van der Waals surface area contributed by atoms with Crippen molar-refractivity contribution in [2.75, 3.05) is 0 Å². The molecule has 0 aliphatic carbocycles. The van der Waals surface area contributed by atoms with Crippen molar-refractivity contribution in [3.05, 3.63) is 29.8 Å². The molecular weight excluding hydrogens is 249 g/mol. The molecule has 3 nitrogen and oxygen atoms in total. The Morgan fingerprint density at radius 1 is 1.38 bits per heavy atom. The van der Waals surface area contributed by atoms with Gasteiger partial charge in [0.05, 0.1) is 5.56 Å². The van der Waals surface area contributed by atoms with E-state index in [1.165, 1.54) is 0 Å². The average molecular weight is 255 g/mol. The van der Waals surface area contributed by atoms with Crippen LogP contribution in [0.2, 0.25) is 0 Å². The van der Waals surface area contributed by atoms with Gasteiger partial charge in [0.25, 0.3) is 5.63 Å². The Kier molecular flexibility index (Phi) is 3.64. The molecule has 0 aromatic heterocycles. The van der Waals surface area contributed by atoms with Crippen LogP contribution in [-0.2, 0) is 0 Å². The fourth-order valence-electron chi connectivity index (χ4n) is 0.867. The van der Waals surface area contributed by atoms with Crippen LogP contribution < -0.4 is 4.74 Å². The number of carboxylic acid groups (broad SMARTS) is 1. The first kappa shape index (κ1) is 12.6. The van der Waals surface area contributed by atoms with E-state index in [9.17, 15) is 18.0 Å². The van der Waals surface area contributed by atoms with Gasteiger partial charge < -0.3 is 9.84 Å². The quantitative estimate of drug-likeness (QED) is 0.841. The second-order valence-electron chi connectivity index (χ2n) is 2.79. The van der Waals surface area contributed by atoms with Crippen molar-refractivity contribution in [2.24, 2.45) is 0 Å². The summed E-state index contributed by atoms with van der Waals surface area (Å²) in [5.41, 5.74) is -3.08. The van der Waals surface area contributed by atoms with E-state index in [0.29, 0.717) is 0 Å². The minimum Gasteiger partial charge on any atom is -0.478 e. The summed E-state index contributed by atoms with van der Waals surface area (Å²) >= 11 is 4.57. The van der Waals surface area contributed by atoms with Crippen LogP contribution in [0.5, 0.6) is 5.75 Å². The van der Waals surface area contributed by atoms with Gasteiger partial charge in [0.1, 0.15) is 5.75 Å². The van der Waals surface area contributed by atoms with Crippen LogP contribution in [0.3, 0.4) is 0 Å². The lowest BCUT2D eigenvalue weighted by molar-refractivity contribution is -0.199. The number of halogens is 4. The topological polar surface area (TPSA) is 46.5 Å². The molecule has 0 unspecified atom stereocenters. The number of hydrogen-bond acceptors (Lipinski definition) is 2. The van der Waals surface area contributed by atoms with E-state index in [-0.39, 0.29) is 11.3 Å². The fraction of sp³-hybridized carbons (Fsp3) is 0.222. The Bertz CT molecular complexity index is 378. The third kappa shape index (κ3) is 3.03. The molecule has 0 saturated heterocycles. The molecule has 1 aromatic carbocycles. The Morgan fingerprint density at radius 3 is 2.25 bits per heavy atom. The highest BCUT2D eigenvalue weighted by Crippen LogP contribution is 2.28. The minimum atomic E-state index is -4.16. The number of carbonyl (C=O) groups is 1. The highest BCUT2D eigenvalue weighted by atomic mass is 35.5.